The van der Waals surface area contributed by atoms with Crippen LogP contribution >= 0.6 is 11.3 Å². The molecule has 0 aliphatic heterocycles. The van der Waals surface area contributed by atoms with Gasteiger partial charge in [-0.25, -0.2) is 13.1 Å². The lowest BCUT2D eigenvalue weighted by Crippen LogP contribution is -2.28. The van der Waals surface area contributed by atoms with E-state index >= 15 is 0 Å². The fourth-order valence-electron chi connectivity index (χ4n) is 1.77. The summed E-state index contributed by atoms with van der Waals surface area (Å²) in [6.07, 6.45) is 0. The van der Waals surface area contributed by atoms with Crippen LogP contribution in [0.25, 0.3) is 0 Å². The molecule has 2 N–H and O–H groups in total. The van der Waals surface area contributed by atoms with Gasteiger partial charge in [-0.05, 0) is 19.9 Å². The molecular formula is C11H16N6O3S2. The molecule has 0 unspecified atom stereocenters. The van der Waals surface area contributed by atoms with Crippen molar-refractivity contribution in [2.45, 2.75) is 31.7 Å². The van der Waals surface area contributed by atoms with E-state index in [0.717, 1.165) is 22.7 Å². The quantitative estimate of drug-likeness (QED) is 0.727. The topological polar surface area (TPSA) is 119 Å². The summed E-state index contributed by atoms with van der Waals surface area (Å²) in [6, 6.07) is 1.92. The van der Waals surface area contributed by atoms with Crippen LogP contribution in [0, 0.1) is 13.8 Å². The van der Waals surface area contributed by atoms with Gasteiger partial charge in [0.25, 0.3) is 10.0 Å². The lowest BCUT2D eigenvalue weighted by atomic mass is 10.4. The third kappa shape index (κ3) is 4.08. The number of nitrogens with zero attached hydrogens (tertiary/aromatic N) is 4. The Bertz CT molecular complexity index is 780. The molecule has 2 rings (SSSR count). The molecule has 120 valence electrons. The summed E-state index contributed by atoms with van der Waals surface area (Å²) in [7, 11) is -3.75. The van der Waals surface area contributed by atoms with Gasteiger partial charge < -0.3 is 5.32 Å². The zero-order valence-corrected chi connectivity index (χ0v) is 14.0. The van der Waals surface area contributed by atoms with Gasteiger partial charge >= 0.3 is 0 Å². The van der Waals surface area contributed by atoms with Crippen molar-refractivity contribution < 1.29 is 13.2 Å². The number of nitrogens with one attached hydrogen (secondary N) is 2. The molecule has 2 aromatic rings. The number of anilines is 1. The van der Waals surface area contributed by atoms with Crippen molar-refractivity contribution in [1.82, 2.24) is 24.7 Å². The van der Waals surface area contributed by atoms with E-state index in [1.807, 2.05) is 19.9 Å². The van der Waals surface area contributed by atoms with Gasteiger partial charge in [0, 0.05) is 19.2 Å². The molecule has 0 saturated heterocycles. The lowest BCUT2D eigenvalue weighted by molar-refractivity contribution is -0.114. The Morgan fingerprint density at radius 2 is 2.09 bits per heavy atom. The van der Waals surface area contributed by atoms with E-state index in [0.29, 0.717) is 6.54 Å². The number of aryl methyl sites for hydroxylation is 2. The fraction of sp³-hybridized carbons (Fsp3) is 0.455. The van der Waals surface area contributed by atoms with Crippen molar-refractivity contribution in [2.24, 2.45) is 0 Å². The fourth-order valence-corrected chi connectivity index (χ4v) is 3.78. The molecule has 0 bridgehead atoms. The second-order valence-electron chi connectivity index (χ2n) is 4.60. The van der Waals surface area contributed by atoms with E-state index in [2.05, 4.69) is 25.3 Å². The maximum Gasteiger partial charge on any atom is 0.269 e. The van der Waals surface area contributed by atoms with Crippen molar-refractivity contribution >= 4 is 32.4 Å². The first kappa shape index (κ1) is 16.5. The van der Waals surface area contributed by atoms with Gasteiger partial charge in [-0.1, -0.05) is 11.3 Å². The Morgan fingerprint density at radius 3 is 2.68 bits per heavy atom. The monoisotopic (exact) mass is 344 g/mol. The van der Waals surface area contributed by atoms with Crippen molar-refractivity contribution in [2.75, 3.05) is 11.9 Å². The van der Waals surface area contributed by atoms with Crippen molar-refractivity contribution in [3.8, 4) is 0 Å². The van der Waals surface area contributed by atoms with Crippen molar-refractivity contribution in [1.29, 1.82) is 0 Å². The molecule has 0 aliphatic rings. The molecule has 0 atom stereocenters. The zero-order chi connectivity index (χ0) is 16.3. The Kier molecular flexibility index (Phi) is 4.88. The van der Waals surface area contributed by atoms with E-state index in [1.54, 1.807) is 4.68 Å². The molecule has 22 heavy (non-hydrogen) atoms. The average molecular weight is 344 g/mol. The third-order valence-corrected chi connectivity index (χ3v) is 5.31. The van der Waals surface area contributed by atoms with E-state index in [4.69, 9.17) is 0 Å². The molecule has 2 aromatic heterocycles. The molecule has 11 heteroatoms. The van der Waals surface area contributed by atoms with Gasteiger partial charge in [0.15, 0.2) is 0 Å². The van der Waals surface area contributed by atoms with Crippen LogP contribution in [-0.2, 0) is 21.4 Å². The number of rotatable bonds is 6. The highest BCUT2D eigenvalue weighted by Gasteiger charge is 2.20. The predicted molar refractivity (Wildman–Crippen MR) is 81.1 cm³/mol. The highest BCUT2D eigenvalue weighted by Crippen LogP contribution is 2.19. The SMILES string of the molecule is CC(=O)Nc1nnc(S(=O)(=O)NCCn2nc(C)cc2C)s1. The summed E-state index contributed by atoms with van der Waals surface area (Å²) in [5.74, 6) is -0.336. The van der Waals surface area contributed by atoms with Crippen LogP contribution in [0.4, 0.5) is 5.13 Å². The van der Waals surface area contributed by atoms with Crippen LogP contribution in [0.15, 0.2) is 10.4 Å². The number of sulfonamides is 1. The summed E-state index contributed by atoms with van der Waals surface area (Å²) in [6.45, 7) is 5.68. The van der Waals surface area contributed by atoms with Crippen LogP contribution < -0.4 is 10.0 Å². The first-order valence-corrected chi connectivity index (χ1v) is 8.70. The maximum atomic E-state index is 12.1. The molecule has 0 spiro atoms. The second-order valence-corrected chi connectivity index (χ2v) is 7.52. The van der Waals surface area contributed by atoms with Crippen LogP contribution in [0.1, 0.15) is 18.3 Å². The Balaban J connectivity index is 1.97. The van der Waals surface area contributed by atoms with E-state index < -0.39 is 10.0 Å². The van der Waals surface area contributed by atoms with Crippen LogP contribution in [-0.4, -0.2) is 40.8 Å². The number of hydrogen-bond donors (Lipinski definition) is 2. The van der Waals surface area contributed by atoms with E-state index in [-0.39, 0.29) is 21.9 Å². The minimum absolute atomic E-state index is 0.145. The first-order valence-electron chi connectivity index (χ1n) is 6.40. The summed E-state index contributed by atoms with van der Waals surface area (Å²) in [5, 5.41) is 14.0. The highest BCUT2D eigenvalue weighted by molar-refractivity contribution is 7.91. The number of carbonyl (C=O) groups is 1. The molecule has 0 aliphatic carbocycles. The average Bonchev–Trinajstić information content (AvgIpc) is 2.96. The van der Waals surface area contributed by atoms with Gasteiger partial charge in [0.05, 0.1) is 12.2 Å². The number of aromatic nitrogens is 4. The summed E-state index contributed by atoms with van der Waals surface area (Å²) in [4.78, 5) is 10.9. The summed E-state index contributed by atoms with van der Waals surface area (Å²) in [5.41, 5.74) is 1.84. The maximum absolute atomic E-state index is 12.1. The lowest BCUT2D eigenvalue weighted by Gasteiger charge is -2.05. The summed E-state index contributed by atoms with van der Waals surface area (Å²) < 4.78 is 28.1. The number of hydrogen-bond acceptors (Lipinski definition) is 7. The predicted octanol–water partition coefficient (Wildman–Crippen LogP) is 0.288. The number of amides is 1. The minimum atomic E-state index is -3.75. The van der Waals surface area contributed by atoms with Gasteiger partial charge in [-0.3, -0.25) is 9.48 Å². The van der Waals surface area contributed by atoms with Gasteiger partial charge in [-0.2, -0.15) is 5.10 Å². The number of carbonyl (C=O) groups excluding carboxylic acids is 1. The minimum Gasteiger partial charge on any atom is -0.301 e. The van der Waals surface area contributed by atoms with E-state index in [1.165, 1.54) is 6.92 Å². The van der Waals surface area contributed by atoms with E-state index in [9.17, 15) is 13.2 Å². The Hall–Kier alpha value is -1.85. The van der Waals surface area contributed by atoms with Crippen molar-refractivity contribution in [3.63, 3.8) is 0 Å². The second kappa shape index (κ2) is 6.50. The van der Waals surface area contributed by atoms with Crippen molar-refractivity contribution in [3.05, 3.63) is 17.5 Å². The smallest absolute Gasteiger partial charge is 0.269 e. The normalized spacial score (nSPS) is 11.6. The Morgan fingerprint density at radius 1 is 1.36 bits per heavy atom. The largest absolute Gasteiger partial charge is 0.301 e. The molecular weight excluding hydrogens is 328 g/mol. The molecule has 0 saturated carbocycles. The van der Waals surface area contributed by atoms with Gasteiger partial charge in [0.2, 0.25) is 15.4 Å². The first-order chi connectivity index (χ1) is 10.3. The molecule has 0 aromatic carbocycles. The molecule has 9 nitrogen and oxygen atoms in total. The molecule has 0 fully saturated rings. The highest BCUT2D eigenvalue weighted by atomic mass is 32.2. The third-order valence-electron chi connectivity index (χ3n) is 2.64. The van der Waals surface area contributed by atoms with Crippen LogP contribution in [0.3, 0.4) is 0 Å². The molecule has 0 radical (unpaired) electrons. The van der Waals surface area contributed by atoms with Gasteiger partial charge in [0.1, 0.15) is 0 Å². The Labute approximate surface area is 131 Å². The van der Waals surface area contributed by atoms with Gasteiger partial charge in [-0.15, -0.1) is 10.2 Å². The molecule has 1 amide bonds. The van der Waals surface area contributed by atoms with Crippen LogP contribution in [0.2, 0.25) is 0 Å². The van der Waals surface area contributed by atoms with Crippen LogP contribution in [0.5, 0.6) is 0 Å². The zero-order valence-electron chi connectivity index (χ0n) is 12.3. The standard InChI is InChI=1S/C11H16N6O3S2/c1-7-6-8(2)17(16-7)5-4-12-22(19,20)11-15-14-10(21-11)13-9(3)18/h6,12H,4-5H2,1-3H3,(H,13,14,18). The summed E-state index contributed by atoms with van der Waals surface area (Å²) >= 11 is 0.795. The molecule has 2 heterocycles.